The van der Waals surface area contributed by atoms with Crippen molar-refractivity contribution >= 4 is 18.0 Å². The van der Waals surface area contributed by atoms with Crippen molar-refractivity contribution in [3.8, 4) is 11.1 Å². The van der Waals surface area contributed by atoms with Crippen molar-refractivity contribution in [2.24, 2.45) is 0 Å². The van der Waals surface area contributed by atoms with E-state index < -0.39 is 36.7 Å². The van der Waals surface area contributed by atoms with Crippen molar-refractivity contribution in [2.75, 3.05) is 26.9 Å². The van der Waals surface area contributed by atoms with Gasteiger partial charge in [-0.25, -0.2) is 9.59 Å². The first-order valence-electron chi connectivity index (χ1n) is 9.72. The molecule has 2 amide bonds. The van der Waals surface area contributed by atoms with E-state index in [9.17, 15) is 14.4 Å². The fraction of sp³-hybridized carbons (Fsp3) is 0.318. The summed E-state index contributed by atoms with van der Waals surface area (Å²) in [5, 5.41) is 22.5. The zero-order chi connectivity index (χ0) is 22.4. The Hall–Kier alpha value is -3.43. The van der Waals surface area contributed by atoms with Gasteiger partial charge < -0.3 is 30.3 Å². The van der Waals surface area contributed by atoms with Gasteiger partial charge in [0.2, 0.25) is 0 Å². The number of amides is 2. The quantitative estimate of drug-likeness (QED) is 0.470. The lowest BCUT2D eigenvalue weighted by Crippen LogP contribution is -2.50. The lowest BCUT2D eigenvalue weighted by molar-refractivity contribution is -0.144. The maximum Gasteiger partial charge on any atom is 0.407 e. The van der Waals surface area contributed by atoms with Gasteiger partial charge in [-0.15, -0.1) is 0 Å². The first-order chi connectivity index (χ1) is 15.0. The molecule has 0 radical (unpaired) electrons. The normalized spacial score (nSPS) is 14.1. The maximum absolute atomic E-state index is 12.2. The minimum Gasteiger partial charge on any atom is -0.480 e. The van der Waals surface area contributed by atoms with Gasteiger partial charge in [-0.3, -0.25) is 4.79 Å². The maximum atomic E-state index is 12.2. The number of ether oxygens (including phenoxy) is 2. The number of hydrogen-bond acceptors (Lipinski definition) is 6. The summed E-state index contributed by atoms with van der Waals surface area (Å²) in [7, 11) is 1.25. The Kier molecular flexibility index (Phi) is 7.22. The summed E-state index contributed by atoms with van der Waals surface area (Å²) in [6.45, 7) is -0.872. The highest BCUT2D eigenvalue weighted by Gasteiger charge is 2.29. The predicted molar refractivity (Wildman–Crippen MR) is 111 cm³/mol. The summed E-state index contributed by atoms with van der Waals surface area (Å²) < 4.78 is 10.4. The number of fused-ring (bicyclic) bond motifs is 3. The summed E-state index contributed by atoms with van der Waals surface area (Å²) in [6.07, 6.45) is -1.87. The summed E-state index contributed by atoms with van der Waals surface area (Å²) in [5.41, 5.74) is 4.38. The Morgan fingerprint density at radius 1 is 1.03 bits per heavy atom. The number of rotatable bonds is 9. The summed E-state index contributed by atoms with van der Waals surface area (Å²) in [4.78, 5) is 35.2. The Morgan fingerprint density at radius 2 is 1.61 bits per heavy atom. The largest absolute Gasteiger partial charge is 0.480 e. The van der Waals surface area contributed by atoms with Crippen molar-refractivity contribution in [2.45, 2.75) is 18.1 Å². The summed E-state index contributed by atoms with van der Waals surface area (Å²) >= 11 is 0. The molecule has 0 spiro atoms. The number of carbonyl (C=O) groups is 3. The monoisotopic (exact) mass is 428 g/mol. The lowest BCUT2D eigenvalue weighted by atomic mass is 9.98. The molecule has 0 heterocycles. The first-order valence-corrected chi connectivity index (χ1v) is 9.72. The molecule has 2 aromatic rings. The van der Waals surface area contributed by atoms with Gasteiger partial charge in [0.25, 0.3) is 5.91 Å². The molecule has 9 heteroatoms. The van der Waals surface area contributed by atoms with Crippen LogP contribution >= 0.6 is 0 Å². The second-order valence-corrected chi connectivity index (χ2v) is 7.01. The fourth-order valence-corrected chi connectivity index (χ4v) is 3.56. The minimum absolute atomic E-state index is 0.0967. The smallest absolute Gasteiger partial charge is 0.407 e. The molecule has 9 nitrogen and oxygen atoms in total. The standard InChI is InChI=1S/C22H24N2O7/c1-30-19(20(26)24-18(11-25)21(27)28)10-23-22(29)31-12-17-15-8-4-2-6-13(15)14-7-3-5-9-16(14)17/h2-9,17-19,25H,10-12H2,1H3,(H,23,29)(H,24,26)(H,27,28). The highest BCUT2D eigenvalue weighted by atomic mass is 16.5. The van der Waals surface area contributed by atoms with Gasteiger partial charge >= 0.3 is 12.1 Å². The molecule has 0 aliphatic heterocycles. The molecule has 1 aliphatic carbocycles. The Bertz CT molecular complexity index is 917. The van der Waals surface area contributed by atoms with Gasteiger partial charge in [-0.05, 0) is 22.3 Å². The third-order valence-electron chi connectivity index (χ3n) is 5.15. The van der Waals surface area contributed by atoms with Crippen LogP contribution in [0.1, 0.15) is 17.0 Å². The molecule has 3 rings (SSSR count). The highest BCUT2D eigenvalue weighted by Crippen LogP contribution is 2.44. The van der Waals surface area contributed by atoms with Crippen LogP contribution in [0.4, 0.5) is 4.79 Å². The van der Waals surface area contributed by atoms with Crippen molar-refractivity contribution in [1.29, 1.82) is 0 Å². The number of carbonyl (C=O) groups excluding carboxylic acids is 2. The number of alkyl carbamates (subject to hydrolysis) is 1. The van der Waals surface area contributed by atoms with Crippen molar-refractivity contribution < 1.29 is 34.1 Å². The number of aliphatic carboxylic acids is 1. The lowest BCUT2D eigenvalue weighted by Gasteiger charge is -2.19. The van der Waals surface area contributed by atoms with Crippen molar-refractivity contribution in [1.82, 2.24) is 10.6 Å². The van der Waals surface area contributed by atoms with Gasteiger partial charge in [0.05, 0.1) is 13.2 Å². The van der Waals surface area contributed by atoms with Crippen LogP contribution in [0.3, 0.4) is 0 Å². The SMILES string of the molecule is COC(CNC(=O)OCC1c2ccccc2-c2ccccc21)C(=O)NC(CO)C(=O)O. The van der Waals surface area contributed by atoms with Crippen LogP contribution in [0, 0.1) is 0 Å². The van der Waals surface area contributed by atoms with Crippen LogP contribution in [0.15, 0.2) is 48.5 Å². The number of carboxylic acid groups (broad SMARTS) is 1. The molecular formula is C22H24N2O7. The molecule has 164 valence electrons. The van der Waals surface area contributed by atoms with Crippen LogP contribution < -0.4 is 10.6 Å². The summed E-state index contributed by atoms with van der Waals surface area (Å²) in [6, 6.07) is 14.4. The van der Waals surface area contributed by atoms with Crippen LogP contribution in [0.2, 0.25) is 0 Å². The molecule has 2 aromatic carbocycles. The summed E-state index contributed by atoms with van der Waals surface area (Å²) in [5.74, 6) is -2.25. The van der Waals surface area contributed by atoms with Crippen LogP contribution in [0.5, 0.6) is 0 Å². The number of aliphatic hydroxyl groups is 1. The van der Waals surface area contributed by atoms with Gasteiger partial charge in [-0.2, -0.15) is 0 Å². The number of hydrogen-bond donors (Lipinski definition) is 4. The van der Waals surface area contributed by atoms with Gasteiger partial charge in [0, 0.05) is 13.0 Å². The Morgan fingerprint density at radius 3 is 2.13 bits per heavy atom. The number of carboxylic acids is 1. The molecule has 0 saturated heterocycles. The van der Waals surface area contributed by atoms with Crippen LogP contribution in [-0.4, -0.2) is 67.2 Å². The number of methoxy groups -OCH3 is 1. The van der Waals surface area contributed by atoms with Crippen LogP contribution in [-0.2, 0) is 19.1 Å². The first kappa shape index (κ1) is 22.3. The average molecular weight is 428 g/mol. The third-order valence-corrected chi connectivity index (χ3v) is 5.15. The second-order valence-electron chi connectivity index (χ2n) is 7.01. The topological polar surface area (TPSA) is 134 Å². The van der Waals surface area contributed by atoms with Crippen molar-refractivity contribution in [3.05, 3.63) is 59.7 Å². The second kappa shape index (κ2) is 10.1. The fourth-order valence-electron chi connectivity index (χ4n) is 3.56. The Labute approximate surface area is 179 Å². The Balaban J connectivity index is 1.56. The molecule has 0 saturated carbocycles. The molecule has 31 heavy (non-hydrogen) atoms. The number of aliphatic hydroxyl groups excluding tert-OH is 1. The van der Waals surface area contributed by atoms with Gasteiger partial charge in [-0.1, -0.05) is 48.5 Å². The average Bonchev–Trinajstić information content (AvgIpc) is 3.10. The van der Waals surface area contributed by atoms with E-state index in [0.29, 0.717) is 0 Å². The van der Waals surface area contributed by atoms with Gasteiger partial charge in [0.1, 0.15) is 12.6 Å². The van der Waals surface area contributed by atoms with E-state index in [1.807, 2.05) is 48.5 Å². The highest BCUT2D eigenvalue weighted by molar-refractivity contribution is 5.87. The molecular weight excluding hydrogens is 404 g/mol. The van der Waals surface area contributed by atoms with E-state index in [4.69, 9.17) is 19.7 Å². The zero-order valence-corrected chi connectivity index (χ0v) is 16.9. The number of benzene rings is 2. The third kappa shape index (κ3) is 5.01. The molecule has 1 aliphatic rings. The van der Waals surface area contributed by atoms with E-state index >= 15 is 0 Å². The molecule has 2 atom stereocenters. The van der Waals surface area contributed by atoms with Crippen LogP contribution in [0.25, 0.3) is 11.1 Å². The number of nitrogens with one attached hydrogen (secondary N) is 2. The van der Waals surface area contributed by atoms with E-state index in [1.165, 1.54) is 7.11 Å². The van der Waals surface area contributed by atoms with E-state index in [2.05, 4.69) is 10.6 Å². The van der Waals surface area contributed by atoms with Crippen molar-refractivity contribution in [3.63, 3.8) is 0 Å². The predicted octanol–water partition coefficient (Wildman–Crippen LogP) is 1.10. The minimum atomic E-state index is -1.46. The molecule has 0 fully saturated rings. The van der Waals surface area contributed by atoms with E-state index in [-0.39, 0.29) is 19.1 Å². The van der Waals surface area contributed by atoms with Gasteiger partial charge in [0.15, 0.2) is 6.10 Å². The van der Waals surface area contributed by atoms with E-state index in [0.717, 1.165) is 22.3 Å². The zero-order valence-electron chi connectivity index (χ0n) is 16.9. The molecule has 4 N–H and O–H groups in total. The van der Waals surface area contributed by atoms with E-state index in [1.54, 1.807) is 0 Å². The molecule has 0 bridgehead atoms. The molecule has 0 aromatic heterocycles. The molecule has 2 unspecified atom stereocenters.